The number of ketones is 1. The van der Waals surface area contributed by atoms with Crippen LogP contribution in [0, 0.1) is 5.92 Å². The fraction of sp³-hybridized carbons (Fsp3) is 0.357. The van der Waals surface area contributed by atoms with Crippen LogP contribution in [0.15, 0.2) is 41.6 Å². The van der Waals surface area contributed by atoms with Gasteiger partial charge in [-0.2, -0.15) is 0 Å². The van der Waals surface area contributed by atoms with E-state index in [0.717, 1.165) is 17.0 Å². The molecule has 0 fully saturated rings. The second-order valence-electron chi connectivity index (χ2n) is 4.66. The lowest BCUT2D eigenvalue weighted by Crippen LogP contribution is -2.31. The lowest BCUT2D eigenvalue weighted by Gasteiger charge is -2.19. The molecule has 1 aliphatic heterocycles. The van der Waals surface area contributed by atoms with Gasteiger partial charge in [-0.1, -0.05) is 32.0 Å². The van der Waals surface area contributed by atoms with Crippen LogP contribution in [-0.2, 0) is 4.79 Å². The smallest absolute Gasteiger partial charge is 0.165 e. The van der Waals surface area contributed by atoms with Crippen molar-refractivity contribution < 1.29 is 4.79 Å². The van der Waals surface area contributed by atoms with Crippen molar-refractivity contribution in [3.05, 3.63) is 41.6 Å². The average Bonchev–Trinajstić information content (AvgIpc) is 2.71. The summed E-state index contributed by atoms with van der Waals surface area (Å²) in [4.78, 5) is 12.0. The molecule has 98 valence electrons. The van der Waals surface area contributed by atoms with E-state index >= 15 is 0 Å². The normalized spacial score (nSPS) is 14.6. The number of carbonyl (C=O) groups is 1. The molecule has 0 spiro atoms. The van der Waals surface area contributed by atoms with Crippen LogP contribution in [0.4, 0.5) is 5.69 Å². The van der Waals surface area contributed by atoms with Gasteiger partial charge in [-0.15, -0.1) is 12.4 Å². The number of rotatable bonds is 3. The summed E-state index contributed by atoms with van der Waals surface area (Å²) >= 11 is 0. The molecule has 1 N–H and O–H groups in total. The number of allylic oxidation sites excluding steroid dienone is 1. The molecule has 0 saturated heterocycles. The van der Waals surface area contributed by atoms with E-state index in [-0.39, 0.29) is 24.1 Å². The number of carbonyl (C=O) groups excluding carboxylic acids is 1. The van der Waals surface area contributed by atoms with E-state index in [2.05, 4.69) is 5.43 Å². The molecule has 1 heterocycles. The number of Topliss-reactive ketones (excluding diaryl/α,β-unsaturated/α-hetero) is 1. The Kier molecular flexibility index (Phi) is 4.79. The first-order valence-electron chi connectivity index (χ1n) is 5.93. The molecule has 3 nitrogen and oxygen atoms in total. The number of para-hydroxylation sites is 1. The van der Waals surface area contributed by atoms with Gasteiger partial charge in [-0.3, -0.25) is 9.80 Å². The Balaban J connectivity index is 0.00000162. The lowest BCUT2D eigenvalue weighted by atomic mass is 10.0. The first kappa shape index (κ1) is 14.6. The summed E-state index contributed by atoms with van der Waals surface area (Å²) < 4.78 is 0. The molecule has 0 radical (unpaired) electrons. The maximum absolute atomic E-state index is 12.0. The zero-order chi connectivity index (χ0) is 12.4. The highest BCUT2D eigenvalue weighted by molar-refractivity contribution is 5.98. The van der Waals surface area contributed by atoms with E-state index in [4.69, 9.17) is 0 Å². The fourth-order valence-corrected chi connectivity index (χ4v) is 1.96. The number of nitrogens with one attached hydrogen (secondary N) is 1. The van der Waals surface area contributed by atoms with E-state index in [0.29, 0.717) is 6.54 Å². The van der Waals surface area contributed by atoms with Crippen LogP contribution in [0.2, 0.25) is 0 Å². The predicted molar refractivity (Wildman–Crippen MR) is 76.7 cm³/mol. The van der Waals surface area contributed by atoms with Gasteiger partial charge in [0, 0.05) is 17.2 Å². The Hall–Kier alpha value is -1.48. The van der Waals surface area contributed by atoms with Gasteiger partial charge in [0.1, 0.15) is 0 Å². The van der Waals surface area contributed by atoms with E-state index in [1.807, 2.05) is 56.1 Å². The van der Waals surface area contributed by atoms with Crippen molar-refractivity contribution in [2.45, 2.75) is 20.8 Å². The topological polar surface area (TPSA) is 32.3 Å². The van der Waals surface area contributed by atoms with E-state index < -0.39 is 0 Å². The van der Waals surface area contributed by atoms with Gasteiger partial charge in [0.05, 0.1) is 12.2 Å². The Morgan fingerprint density at radius 1 is 1.28 bits per heavy atom. The van der Waals surface area contributed by atoms with Crippen LogP contribution in [0.25, 0.3) is 0 Å². The minimum Gasteiger partial charge on any atom is -0.302 e. The molecule has 0 saturated carbocycles. The Morgan fingerprint density at radius 2 is 1.89 bits per heavy atom. The number of hydrogen-bond acceptors (Lipinski definition) is 3. The van der Waals surface area contributed by atoms with Crippen LogP contribution < -0.4 is 10.4 Å². The summed E-state index contributed by atoms with van der Waals surface area (Å²) in [5.74, 6) is 0.283. The first-order chi connectivity index (χ1) is 8.09. The third-order valence-corrected chi connectivity index (χ3v) is 2.96. The number of hydrogen-bond donors (Lipinski definition) is 1. The highest BCUT2D eigenvalue weighted by Gasteiger charge is 2.25. The van der Waals surface area contributed by atoms with Gasteiger partial charge in [0.15, 0.2) is 5.78 Å². The lowest BCUT2D eigenvalue weighted by molar-refractivity contribution is -0.118. The van der Waals surface area contributed by atoms with Crippen molar-refractivity contribution in [1.82, 2.24) is 5.43 Å². The number of halogens is 1. The van der Waals surface area contributed by atoms with Gasteiger partial charge in [-0.25, -0.2) is 0 Å². The quantitative estimate of drug-likeness (QED) is 0.913. The predicted octanol–water partition coefficient (Wildman–Crippen LogP) is 2.93. The number of nitrogens with zero attached hydrogens (tertiary/aromatic N) is 1. The van der Waals surface area contributed by atoms with Gasteiger partial charge < -0.3 is 5.43 Å². The molecule has 18 heavy (non-hydrogen) atoms. The Labute approximate surface area is 114 Å². The summed E-state index contributed by atoms with van der Waals surface area (Å²) in [5, 5.41) is 2.00. The minimum absolute atomic E-state index is 0. The second kappa shape index (κ2) is 5.91. The van der Waals surface area contributed by atoms with Crippen LogP contribution in [0.3, 0.4) is 0 Å². The van der Waals surface area contributed by atoms with Crippen molar-refractivity contribution in [3.8, 4) is 0 Å². The summed E-state index contributed by atoms with van der Waals surface area (Å²) in [6, 6.07) is 10.0. The molecule has 0 aliphatic carbocycles. The molecule has 0 atom stereocenters. The van der Waals surface area contributed by atoms with Gasteiger partial charge in [-0.05, 0) is 19.1 Å². The average molecular weight is 267 g/mol. The monoisotopic (exact) mass is 266 g/mol. The van der Waals surface area contributed by atoms with E-state index in [1.54, 1.807) is 0 Å². The Morgan fingerprint density at radius 3 is 2.44 bits per heavy atom. The molecule has 0 aromatic heterocycles. The van der Waals surface area contributed by atoms with Gasteiger partial charge in [0.25, 0.3) is 0 Å². The number of hydrazine groups is 1. The van der Waals surface area contributed by atoms with Crippen LogP contribution in [-0.4, -0.2) is 12.3 Å². The molecule has 1 aliphatic rings. The van der Waals surface area contributed by atoms with Gasteiger partial charge >= 0.3 is 0 Å². The van der Waals surface area contributed by atoms with E-state index in [9.17, 15) is 4.79 Å². The molecule has 4 heteroatoms. The molecule has 2 rings (SSSR count). The zero-order valence-corrected chi connectivity index (χ0v) is 11.8. The van der Waals surface area contributed by atoms with Crippen molar-refractivity contribution in [3.63, 3.8) is 0 Å². The second-order valence-corrected chi connectivity index (χ2v) is 4.66. The first-order valence-corrected chi connectivity index (χ1v) is 5.93. The SMILES string of the molecule is CC1=C(C(=O)C(C)C)CN(c2ccccc2)N1.Cl. The molecular weight excluding hydrogens is 248 g/mol. The number of anilines is 1. The maximum Gasteiger partial charge on any atom is 0.165 e. The third-order valence-electron chi connectivity index (χ3n) is 2.96. The van der Waals surface area contributed by atoms with E-state index in [1.165, 1.54) is 0 Å². The minimum atomic E-state index is 0. The van der Waals surface area contributed by atoms with Crippen molar-refractivity contribution in [2.75, 3.05) is 11.6 Å². The highest BCUT2D eigenvalue weighted by atomic mass is 35.5. The third kappa shape index (κ3) is 2.85. The summed E-state index contributed by atoms with van der Waals surface area (Å²) in [7, 11) is 0. The van der Waals surface area contributed by atoms with Crippen molar-refractivity contribution >= 4 is 23.9 Å². The number of benzene rings is 1. The highest BCUT2D eigenvalue weighted by Crippen LogP contribution is 2.22. The summed E-state index contributed by atoms with van der Waals surface area (Å²) in [6.07, 6.45) is 0. The molecule has 1 aromatic rings. The zero-order valence-electron chi connectivity index (χ0n) is 10.9. The summed E-state index contributed by atoms with van der Waals surface area (Å²) in [6.45, 7) is 6.48. The Bertz CT molecular complexity index is 454. The maximum atomic E-state index is 12.0. The summed E-state index contributed by atoms with van der Waals surface area (Å²) in [5.41, 5.74) is 6.19. The molecule has 1 aromatic carbocycles. The van der Waals surface area contributed by atoms with Gasteiger partial charge in [0.2, 0.25) is 0 Å². The van der Waals surface area contributed by atoms with Crippen LogP contribution in [0.1, 0.15) is 20.8 Å². The fourth-order valence-electron chi connectivity index (χ4n) is 1.96. The molecule has 0 unspecified atom stereocenters. The molecular formula is C14H19ClN2O. The van der Waals surface area contributed by atoms with Crippen molar-refractivity contribution in [1.29, 1.82) is 0 Å². The van der Waals surface area contributed by atoms with Crippen LogP contribution in [0.5, 0.6) is 0 Å². The molecule has 0 amide bonds. The largest absolute Gasteiger partial charge is 0.302 e. The van der Waals surface area contributed by atoms with Crippen LogP contribution >= 0.6 is 12.4 Å². The molecule has 0 bridgehead atoms. The van der Waals surface area contributed by atoms with Crippen molar-refractivity contribution in [2.24, 2.45) is 5.92 Å². The standard InChI is InChI=1S/C14H18N2O.ClH/c1-10(2)14(17)13-9-16(15-11(13)3)12-7-5-4-6-8-12;/h4-8,10,15H,9H2,1-3H3;1H.